The predicted octanol–water partition coefficient (Wildman–Crippen LogP) is 2.29. The highest BCUT2D eigenvalue weighted by atomic mass is 32.1. The topological polar surface area (TPSA) is 121 Å². The summed E-state index contributed by atoms with van der Waals surface area (Å²) in [6.07, 6.45) is -0.300. The summed E-state index contributed by atoms with van der Waals surface area (Å²) in [5.74, 6) is -3.74. The Kier molecular flexibility index (Phi) is 7.75. The number of amides is 4. The third kappa shape index (κ3) is 6.13. The lowest BCUT2D eigenvalue weighted by molar-refractivity contribution is -0.136. The molecule has 33 heavy (non-hydrogen) atoms. The maximum absolute atomic E-state index is 12.9. The maximum atomic E-state index is 12.9. The van der Waals surface area contributed by atoms with Gasteiger partial charge in [0.25, 0.3) is 5.91 Å². The molecule has 0 bridgehead atoms. The molecule has 3 rings (SSSR count). The van der Waals surface area contributed by atoms with Gasteiger partial charge >= 0.3 is 0 Å². The number of hydrogen-bond donors (Lipinski definition) is 3. The first-order chi connectivity index (χ1) is 15.7. The second-order valence-corrected chi connectivity index (χ2v) is 9.70. The molecule has 2 aromatic rings. The summed E-state index contributed by atoms with van der Waals surface area (Å²) in [6, 6.07) is 11.2. The highest BCUT2D eigenvalue weighted by Gasteiger charge is 2.41. The Morgan fingerprint density at radius 3 is 2.30 bits per heavy atom. The fourth-order valence-electron chi connectivity index (χ4n) is 3.71. The van der Waals surface area contributed by atoms with Crippen LogP contribution in [0.5, 0.6) is 0 Å². The summed E-state index contributed by atoms with van der Waals surface area (Å²) in [7, 11) is 0. The van der Waals surface area contributed by atoms with Crippen molar-refractivity contribution in [2.24, 2.45) is 11.8 Å². The number of aryl methyl sites for hydroxylation is 1. The number of benzene rings is 1. The van der Waals surface area contributed by atoms with Gasteiger partial charge in [-0.1, -0.05) is 44.2 Å². The summed E-state index contributed by atoms with van der Waals surface area (Å²) in [5, 5.41) is 7.76. The molecular formula is C24H27N3O5S. The minimum atomic E-state index is -1.10. The number of carbonyl (C=O) groups excluding carboxylic acids is 5. The van der Waals surface area contributed by atoms with Crippen LogP contribution in [0.1, 0.15) is 52.8 Å². The minimum Gasteiger partial charge on any atom is -0.346 e. The zero-order chi connectivity index (χ0) is 24.1. The Morgan fingerprint density at radius 1 is 1.06 bits per heavy atom. The van der Waals surface area contributed by atoms with Crippen molar-refractivity contribution in [2.45, 2.75) is 45.7 Å². The Morgan fingerprint density at radius 2 is 1.76 bits per heavy atom. The lowest BCUT2D eigenvalue weighted by atomic mass is 9.89. The van der Waals surface area contributed by atoms with Gasteiger partial charge < -0.3 is 10.6 Å². The molecule has 4 amide bonds. The number of carbonyl (C=O) groups is 5. The van der Waals surface area contributed by atoms with Crippen LogP contribution in [0, 0.1) is 18.8 Å². The molecule has 2 heterocycles. The van der Waals surface area contributed by atoms with Crippen LogP contribution in [0.3, 0.4) is 0 Å². The van der Waals surface area contributed by atoms with Crippen molar-refractivity contribution in [2.75, 3.05) is 0 Å². The first-order valence-electron chi connectivity index (χ1n) is 10.7. The minimum absolute atomic E-state index is 0.0909. The van der Waals surface area contributed by atoms with E-state index in [9.17, 15) is 24.0 Å². The molecular weight excluding hydrogens is 442 g/mol. The zero-order valence-electron chi connectivity index (χ0n) is 18.7. The smallest absolute Gasteiger partial charge is 0.261 e. The van der Waals surface area contributed by atoms with Crippen LogP contribution in [0.2, 0.25) is 0 Å². The lowest BCUT2D eigenvalue weighted by Crippen LogP contribution is -2.49. The molecule has 1 aromatic heterocycles. The highest BCUT2D eigenvalue weighted by molar-refractivity contribution is 7.13. The molecule has 1 aliphatic rings. The Balaban J connectivity index is 1.73. The normalized spacial score (nSPS) is 17.4. The third-order valence-corrected chi connectivity index (χ3v) is 6.46. The van der Waals surface area contributed by atoms with Crippen molar-refractivity contribution < 1.29 is 24.0 Å². The van der Waals surface area contributed by atoms with Gasteiger partial charge in [-0.3, -0.25) is 29.3 Å². The average Bonchev–Trinajstić information content (AvgIpc) is 3.36. The van der Waals surface area contributed by atoms with Crippen LogP contribution in [-0.2, 0) is 19.2 Å². The molecule has 0 spiro atoms. The molecule has 1 aliphatic heterocycles. The molecule has 3 N–H and O–H groups in total. The summed E-state index contributed by atoms with van der Waals surface area (Å²) in [6.45, 7) is 5.42. The number of hydrogen-bond acceptors (Lipinski definition) is 6. The quantitative estimate of drug-likeness (QED) is 0.384. The number of Topliss-reactive ketones (excluding diaryl/α,β-unsaturated/α-hetero) is 1. The summed E-state index contributed by atoms with van der Waals surface area (Å²) >= 11 is 1.36. The number of rotatable bonds is 9. The second-order valence-electron chi connectivity index (χ2n) is 8.41. The van der Waals surface area contributed by atoms with Gasteiger partial charge in [0.05, 0.1) is 23.4 Å². The summed E-state index contributed by atoms with van der Waals surface area (Å²) < 4.78 is 0. The van der Waals surface area contributed by atoms with Crippen LogP contribution >= 0.6 is 11.3 Å². The van der Waals surface area contributed by atoms with Crippen LogP contribution in [0.4, 0.5) is 0 Å². The summed E-state index contributed by atoms with van der Waals surface area (Å²) in [4.78, 5) is 63.6. The largest absolute Gasteiger partial charge is 0.346 e. The molecule has 8 nitrogen and oxygen atoms in total. The maximum Gasteiger partial charge on any atom is 0.261 e. The van der Waals surface area contributed by atoms with Crippen molar-refractivity contribution >= 4 is 40.7 Å². The van der Waals surface area contributed by atoms with E-state index in [-0.39, 0.29) is 24.7 Å². The molecule has 1 fully saturated rings. The van der Waals surface area contributed by atoms with Crippen molar-refractivity contribution in [3.63, 3.8) is 0 Å². The monoisotopic (exact) mass is 469 g/mol. The predicted molar refractivity (Wildman–Crippen MR) is 123 cm³/mol. The highest BCUT2D eigenvalue weighted by Crippen LogP contribution is 2.22. The van der Waals surface area contributed by atoms with Gasteiger partial charge in [0.2, 0.25) is 17.7 Å². The third-order valence-electron chi connectivity index (χ3n) is 5.46. The van der Waals surface area contributed by atoms with Gasteiger partial charge in [0.1, 0.15) is 5.92 Å². The number of nitrogens with one attached hydrogen (secondary N) is 3. The molecule has 174 valence electrons. The standard InChI is InChI=1S/C24H27N3O5S/c1-13(2)21(22(30)16-11-19(28)27-23(16)31)26-20(29)12-17(15-7-5-4-6-8-15)25-24(32)18-10-9-14(3)33-18/h4-10,13,16-17,21H,11-12H2,1-3H3,(H,25,32)(H,26,29)(H,27,28,31)/t16-,17+,21-/m1/s1. The molecule has 0 saturated carbocycles. The number of thiophene rings is 1. The van der Waals surface area contributed by atoms with E-state index in [4.69, 9.17) is 0 Å². The van der Waals surface area contributed by atoms with Crippen LogP contribution in [0.25, 0.3) is 0 Å². The van der Waals surface area contributed by atoms with Crippen LogP contribution in [0.15, 0.2) is 42.5 Å². The van der Waals surface area contributed by atoms with Gasteiger partial charge in [-0.25, -0.2) is 0 Å². The SMILES string of the molecule is Cc1ccc(C(=O)N[C@@H](CC(=O)N[C@@H](C(=O)[C@H]2CC(=O)NC2=O)C(C)C)c2ccccc2)s1. The van der Waals surface area contributed by atoms with E-state index in [1.54, 1.807) is 19.9 Å². The molecule has 9 heteroatoms. The van der Waals surface area contributed by atoms with Crippen LogP contribution in [-0.4, -0.2) is 35.5 Å². The van der Waals surface area contributed by atoms with Gasteiger partial charge in [-0.05, 0) is 30.5 Å². The van der Waals surface area contributed by atoms with Gasteiger partial charge in [-0.15, -0.1) is 11.3 Å². The molecule has 0 aliphatic carbocycles. The van der Waals surface area contributed by atoms with Crippen molar-refractivity contribution in [1.82, 2.24) is 16.0 Å². The van der Waals surface area contributed by atoms with Crippen molar-refractivity contribution in [1.29, 1.82) is 0 Å². The van der Waals surface area contributed by atoms with Gasteiger partial charge in [0.15, 0.2) is 5.78 Å². The number of ketones is 1. The lowest BCUT2D eigenvalue weighted by Gasteiger charge is -2.25. The second kappa shape index (κ2) is 10.5. The molecule has 3 atom stereocenters. The average molecular weight is 470 g/mol. The molecule has 1 saturated heterocycles. The Labute approximate surface area is 196 Å². The van der Waals surface area contributed by atoms with E-state index >= 15 is 0 Å². The molecule has 0 radical (unpaired) electrons. The fraction of sp³-hybridized carbons (Fsp3) is 0.375. The fourth-order valence-corrected chi connectivity index (χ4v) is 4.48. The van der Waals surface area contributed by atoms with Gasteiger partial charge in [-0.2, -0.15) is 0 Å². The number of imide groups is 1. The van der Waals surface area contributed by atoms with Crippen LogP contribution < -0.4 is 16.0 Å². The first kappa shape index (κ1) is 24.3. The van der Waals surface area contributed by atoms with Crippen molar-refractivity contribution in [3.8, 4) is 0 Å². The van der Waals surface area contributed by atoms with E-state index in [0.717, 1.165) is 10.4 Å². The van der Waals surface area contributed by atoms with Crippen molar-refractivity contribution in [3.05, 3.63) is 57.8 Å². The molecule has 0 unspecified atom stereocenters. The van der Waals surface area contributed by atoms with E-state index in [2.05, 4.69) is 16.0 Å². The van der Waals surface area contributed by atoms with E-state index in [1.807, 2.05) is 43.3 Å². The summed E-state index contributed by atoms with van der Waals surface area (Å²) in [5.41, 5.74) is 0.752. The van der Waals surface area contributed by atoms with E-state index in [0.29, 0.717) is 4.88 Å². The Hall–Kier alpha value is -3.33. The zero-order valence-corrected chi connectivity index (χ0v) is 19.5. The first-order valence-corrected chi connectivity index (χ1v) is 11.6. The van der Waals surface area contributed by atoms with E-state index in [1.165, 1.54) is 11.3 Å². The van der Waals surface area contributed by atoms with E-state index < -0.39 is 41.5 Å². The Bertz CT molecular complexity index is 1060. The molecule has 1 aromatic carbocycles. The van der Waals surface area contributed by atoms with Gasteiger partial charge in [0, 0.05) is 11.3 Å².